The number of hydrogen-bond acceptors (Lipinski definition) is 7. The van der Waals surface area contributed by atoms with Crippen LogP contribution in [0.5, 0.6) is 0 Å². The summed E-state index contributed by atoms with van der Waals surface area (Å²) < 4.78 is 5.41. The third-order valence-corrected chi connectivity index (χ3v) is 5.73. The number of nitrogens with zero attached hydrogens (tertiary/aromatic N) is 4. The van der Waals surface area contributed by atoms with Gasteiger partial charge in [-0.1, -0.05) is 19.2 Å². The van der Waals surface area contributed by atoms with Gasteiger partial charge in [0.2, 0.25) is 0 Å². The van der Waals surface area contributed by atoms with Gasteiger partial charge in [-0.05, 0) is 87.1 Å². The number of carbonyl (C=O) groups excluding carboxylic acids is 1. The van der Waals surface area contributed by atoms with E-state index in [1.165, 1.54) is 0 Å². The Balaban J connectivity index is 1.86. The summed E-state index contributed by atoms with van der Waals surface area (Å²) in [5.41, 5.74) is 1.71. The van der Waals surface area contributed by atoms with Crippen LogP contribution in [0.15, 0.2) is 72.3 Å². The topological polar surface area (TPSA) is 91.7 Å². The molecule has 0 saturated carbocycles. The number of pyridine rings is 2. The van der Waals surface area contributed by atoms with Crippen molar-refractivity contribution in [3.63, 3.8) is 0 Å². The summed E-state index contributed by atoms with van der Waals surface area (Å²) in [4.78, 5) is 28.7. The largest absolute Gasteiger partial charge is 0.378 e. The minimum Gasteiger partial charge on any atom is -0.378 e. The number of carbonyl (C=O) groups is 1. The summed E-state index contributed by atoms with van der Waals surface area (Å²) in [6, 6.07) is 5.31. The van der Waals surface area contributed by atoms with Gasteiger partial charge < -0.3 is 20.3 Å². The molecule has 0 radical (unpaired) electrons. The number of amides is 1. The SMILES string of the molecule is C=C/C(=N\C(=C/C)NC(C)(C)C)C(=C)/C=c1/cc(NC(=O)c2ccnc(N3CCOCC3)c2)nc/c1=C/C. The molecule has 1 amide bonds. The van der Waals surface area contributed by atoms with Gasteiger partial charge in [0, 0.05) is 36.6 Å². The highest BCUT2D eigenvalue weighted by Crippen LogP contribution is 2.15. The maximum absolute atomic E-state index is 13.1. The molecule has 2 aromatic rings. The second-order valence-corrected chi connectivity index (χ2v) is 9.86. The number of aliphatic imine (C=N–C) groups is 1. The Bertz CT molecular complexity index is 1360. The fourth-order valence-corrected chi connectivity index (χ4v) is 3.82. The van der Waals surface area contributed by atoms with Crippen LogP contribution in [0.1, 0.15) is 45.0 Å². The Morgan fingerprint density at radius 3 is 2.53 bits per heavy atom. The van der Waals surface area contributed by atoms with Crippen LogP contribution in [0, 0.1) is 0 Å². The van der Waals surface area contributed by atoms with E-state index >= 15 is 0 Å². The van der Waals surface area contributed by atoms with Crippen molar-refractivity contribution in [1.82, 2.24) is 15.3 Å². The van der Waals surface area contributed by atoms with Crippen molar-refractivity contribution in [3.8, 4) is 0 Å². The van der Waals surface area contributed by atoms with Crippen LogP contribution in [0.25, 0.3) is 12.2 Å². The van der Waals surface area contributed by atoms with Gasteiger partial charge in [0.25, 0.3) is 5.91 Å². The van der Waals surface area contributed by atoms with Crippen molar-refractivity contribution in [2.24, 2.45) is 4.99 Å². The second-order valence-electron chi connectivity index (χ2n) is 9.86. The Hall–Kier alpha value is -4.04. The summed E-state index contributed by atoms with van der Waals surface area (Å²) in [5, 5.41) is 8.05. The molecule has 38 heavy (non-hydrogen) atoms. The lowest BCUT2D eigenvalue weighted by atomic mass is 10.1. The molecular weight excluding hydrogens is 476 g/mol. The molecule has 0 unspecified atom stereocenters. The van der Waals surface area contributed by atoms with E-state index in [9.17, 15) is 4.79 Å². The molecule has 200 valence electrons. The zero-order valence-corrected chi connectivity index (χ0v) is 23.0. The van der Waals surface area contributed by atoms with Gasteiger partial charge in [-0.3, -0.25) is 4.79 Å². The first-order valence-corrected chi connectivity index (χ1v) is 12.7. The van der Waals surface area contributed by atoms with Gasteiger partial charge in [0.05, 0.1) is 18.9 Å². The minimum atomic E-state index is -0.258. The van der Waals surface area contributed by atoms with Crippen molar-refractivity contribution in [2.45, 2.75) is 40.2 Å². The number of aromatic nitrogens is 2. The van der Waals surface area contributed by atoms with E-state index < -0.39 is 0 Å². The normalized spacial score (nSPS) is 15.9. The smallest absolute Gasteiger partial charge is 0.257 e. The van der Waals surface area contributed by atoms with Crippen LogP contribution in [0.2, 0.25) is 0 Å². The first kappa shape index (κ1) is 28.5. The van der Waals surface area contributed by atoms with Crippen LogP contribution < -0.4 is 26.0 Å². The van der Waals surface area contributed by atoms with Crippen molar-refractivity contribution in [1.29, 1.82) is 0 Å². The maximum atomic E-state index is 13.1. The second kappa shape index (κ2) is 13.0. The molecule has 2 N–H and O–H groups in total. The molecule has 0 aliphatic carbocycles. The van der Waals surface area contributed by atoms with Crippen molar-refractivity contribution in [2.75, 3.05) is 36.5 Å². The monoisotopic (exact) mass is 514 g/mol. The quantitative estimate of drug-likeness (QED) is 0.524. The third-order valence-electron chi connectivity index (χ3n) is 5.73. The highest BCUT2D eigenvalue weighted by molar-refractivity contribution is 6.13. The maximum Gasteiger partial charge on any atom is 0.257 e. The van der Waals surface area contributed by atoms with E-state index in [1.807, 2.05) is 38.1 Å². The lowest BCUT2D eigenvalue weighted by molar-refractivity contribution is 0.102. The zero-order valence-electron chi connectivity index (χ0n) is 23.0. The molecule has 2 aromatic heterocycles. The van der Waals surface area contributed by atoms with E-state index in [1.54, 1.807) is 30.6 Å². The molecule has 1 saturated heterocycles. The summed E-state index contributed by atoms with van der Waals surface area (Å²) >= 11 is 0. The standard InChI is InChI=1S/C30H38N6O2/c1-8-22-20-32-27(34-29(37)23-11-12-31-28(19-23)36-13-15-38-16-14-36)18-24(22)17-21(4)25(9-2)33-26(10-3)35-30(5,6)7/h8-12,17-20,35H,2,4,13-16H2,1,3,5-7H3,(H,34,37)/b22-8-,24-17-,26-10+,33-25+. The van der Waals surface area contributed by atoms with E-state index in [-0.39, 0.29) is 11.4 Å². The molecule has 8 heteroatoms. The third kappa shape index (κ3) is 7.98. The van der Waals surface area contributed by atoms with Crippen LogP contribution in [0.3, 0.4) is 0 Å². The first-order valence-electron chi connectivity index (χ1n) is 12.7. The fraction of sp³-hybridized carbons (Fsp3) is 0.333. The molecule has 1 aliphatic heterocycles. The Labute approximate surface area is 225 Å². The summed E-state index contributed by atoms with van der Waals surface area (Å²) in [6.07, 6.45) is 10.8. The van der Waals surface area contributed by atoms with Gasteiger partial charge in [-0.2, -0.15) is 0 Å². The number of hydrogen-bond donors (Lipinski definition) is 2. The molecule has 0 atom stereocenters. The van der Waals surface area contributed by atoms with Gasteiger partial charge in [-0.25, -0.2) is 15.0 Å². The first-order chi connectivity index (χ1) is 18.1. The number of morpholine rings is 1. The highest BCUT2D eigenvalue weighted by atomic mass is 16.5. The number of nitrogens with one attached hydrogen (secondary N) is 2. The average molecular weight is 515 g/mol. The molecule has 0 aromatic carbocycles. The van der Waals surface area contributed by atoms with Gasteiger partial charge in [0.15, 0.2) is 0 Å². The number of anilines is 2. The van der Waals surface area contributed by atoms with E-state index in [4.69, 9.17) is 9.73 Å². The van der Waals surface area contributed by atoms with Gasteiger partial charge in [0.1, 0.15) is 17.5 Å². The van der Waals surface area contributed by atoms with Crippen LogP contribution in [0.4, 0.5) is 11.6 Å². The number of rotatable bonds is 8. The zero-order chi connectivity index (χ0) is 27.7. The lowest BCUT2D eigenvalue weighted by Gasteiger charge is -2.27. The van der Waals surface area contributed by atoms with E-state index in [0.29, 0.717) is 35.9 Å². The van der Waals surface area contributed by atoms with Crippen molar-refractivity contribution >= 4 is 35.4 Å². The summed E-state index contributed by atoms with van der Waals surface area (Å²) in [7, 11) is 0. The molecular formula is C30H38N6O2. The molecule has 1 aliphatic rings. The minimum absolute atomic E-state index is 0.136. The summed E-state index contributed by atoms with van der Waals surface area (Å²) in [5.74, 6) is 1.67. The summed E-state index contributed by atoms with van der Waals surface area (Å²) in [6.45, 7) is 21.0. The predicted octanol–water partition coefficient (Wildman–Crippen LogP) is 3.58. The van der Waals surface area contributed by atoms with Crippen molar-refractivity contribution in [3.05, 3.63) is 83.3 Å². The lowest BCUT2D eigenvalue weighted by Crippen LogP contribution is -2.36. The molecule has 0 bridgehead atoms. The average Bonchev–Trinajstić information content (AvgIpc) is 2.91. The molecule has 8 nitrogen and oxygen atoms in total. The van der Waals surface area contributed by atoms with Crippen molar-refractivity contribution < 1.29 is 9.53 Å². The predicted molar refractivity (Wildman–Crippen MR) is 157 cm³/mol. The van der Waals surface area contributed by atoms with Gasteiger partial charge >= 0.3 is 0 Å². The molecule has 3 heterocycles. The number of ether oxygens (including phenoxy) is 1. The van der Waals surface area contributed by atoms with Crippen LogP contribution in [-0.4, -0.2) is 53.4 Å². The highest BCUT2D eigenvalue weighted by Gasteiger charge is 2.15. The molecule has 3 rings (SSSR count). The van der Waals surface area contributed by atoms with Crippen LogP contribution in [-0.2, 0) is 4.74 Å². The Kier molecular flexibility index (Phi) is 9.73. The molecule has 1 fully saturated rings. The van der Waals surface area contributed by atoms with E-state index in [2.05, 4.69) is 59.4 Å². The van der Waals surface area contributed by atoms with Crippen LogP contribution >= 0.6 is 0 Å². The Morgan fingerprint density at radius 2 is 1.89 bits per heavy atom. The fourth-order valence-electron chi connectivity index (χ4n) is 3.82. The molecule has 0 spiro atoms. The van der Waals surface area contributed by atoms with Gasteiger partial charge in [-0.15, -0.1) is 0 Å². The van der Waals surface area contributed by atoms with E-state index in [0.717, 1.165) is 35.2 Å². The number of allylic oxidation sites excluding steroid dienone is 3. The Morgan fingerprint density at radius 1 is 1.16 bits per heavy atom.